The number of hydrogen-bond donors (Lipinski definition) is 2. The number of carbonyl (C=O) groups is 1. The molecule has 2 N–H and O–H groups in total. The van der Waals surface area contributed by atoms with Gasteiger partial charge in [0, 0.05) is 20.1 Å². The summed E-state index contributed by atoms with van der Waals surface area (Å²) >= 11 is 0. The Morgan fingerprint density at radius 2 is 1.95 bits per heavy atom. The number of para-hydroxylation sites is 1. The van der Waals surface area contributed by atoms with Gasteiger partial charge in [0.2, 0.25) is 10.0 Å². The van der Waals surface area contributed by atoms with Crippen molar-refractivity contribution in [3.63, 3.8) is 0 Å². The lowest BCUT2D eigenvalue weighted by molar-refractivity contribution is -0.140. The summed E-state index contributed by atoms with van der Waals surface area (Å²) in [5.41, 5.74) is 0.479. The summed E-state index contributed by atoms with van der Waals surface area (Å²) in [6.07, 6.45) is 3.80. The maximum absolute atomic E-state index is 12.3. The number of aliphatic carboxylic acids is 1. The highest BCUT2D eigenvalue weighted by atomic mass is 32.2. The van der Waals surface area contributed by atoms with Gasteiger partial charge >= 0.3 is 5.97 Å². The second-order valence-corrected chi connectivity index (χ2v) is 7.22. The number of nitrogens with zero attached hydrogens (tertiary/aromatic N) is 1. The van der Waals surface area contributed by atoms with Crippen molar-refractivity contribution in [2.45, 2.75) is 17.4 Å². The number of benzene rings is 1. The van der Waals surface area contributed by atoms with Crippen LogP contribution >= 0.6 is 0 Å². The minimum Gasteiger partial charge on any atom is -0.481 e. The molecule has 0 spiro atoms. The summed E-state index contributed by atoms with van der Waals surface area (Å²) in [7, 11) is -0.600. The van der Waals surface area contributed by atoms with Crippen LogP contribution in [-0.2, 0) is 14.8 Å². The molecule has 114 valence electrons. The van der Waals surface area contributed by atoms with Crippen LogP contribution < -0.4 is 5.32 Å². The number of carboxylic acids is 1. The first kappa shape index (κ1) is 15.5. The Morgan fingerprint density at radius 3 is 2.52 bits per heavy atom. The minimum absolute atomic E-state index is 0.183. The number of rotatable bonds is 5. The van der Waals surface area contributed by atoms with Gasteiger partial charge in [-0.25, -0.2) is 12.7 Å². The zero-order valence-corrected chi connectivity index (χ0v) is 12.7. The van der Waals surface area contributed by atoms with Crippen molar-refractivity contribution in [1.82, 2.24) is 4.31 Å². The van der Waals surface area contributed by atoms with E-state index in [1.807, 2.05) is 0 Å². The van der Waals surface area contributed by atoms with Crippen LogP contribution in [-0.4, -0.2) is 43.9 Å². The molecule has 0 fully saturated rings. The molecule has 0 saturated heterocycles. The van der Waals surface area contributed by atoms with E-state index in [9.17, 15) is 13.2 Å². The van der Waals surface area contributed by atoms with Gasteiger partial charge in [0.1, 0.15) is 4.90 Å². The molecule has 2 rings (SSSR count). The minimum atomic E-state index is -3.55. The van der Waals surface area contributed by atoms with Gasteiger partial charge in [-0.1, -0.05) is 24.3 Å². The summed E-state index contributed by atoms with van der Waals surface area (Å²) in [6.45, 7) is 0. The van der Waals surface area contributed by atoms with E-state index in [-0.39, 0.29) is 10.9 Å². The standard InChI is InChI=1S/C14H18N2O4S/c1-16(2)21(19,20)13-6-4-3-5-12(13)15-11-8-7-10(9-11)14(17)18/h3-8,10-11,15H,9H2,1-2H3,(H,17,18). The lowest BCUT2D eigenvalue weighted by Gasteiger charge is -2.19. The predicted octanol–water partition coefficient (Wildman–Crippen LogP) is 1.38. The Morgan fingerprint density at radius 1 is 1.29 bits per heavy atom. The van der Waals surface area contributed by atoms with E-state index in [1.165, 1.54) is 20.2 Å². The fraction of sp³-hybridized carbons (Fsp3) is 0.357. The number of sulfonamides is 1. The molecule has 0 saturated carbocycles. The van der Waals surface area contributed by atoms with Gasteiger partial charge in [0.05, 0.1) is 11.6 Å². The molecule has 0 aromatic heterocycles. The topological polar surface area (TPSA) is 86.7 Å². The van der Waals surface area contributed by atoms with Gasteiger partial charge in [-0.15, -0.1) is 0 Å². The second kappa shape index (κ2) is 5.87. The lowest BCUT2D eigenvalue weighted by Crippen LogP contribution is -2.25. The summed E-state index contributed by atoms with van der Waals surface area (Å²) < 4.78 is 25.7. The van der Waals surface area contributed by atoms with Crippen molar-refractivity contribution in [2.75, 3.05) is 19.4 Å². The molecule has 0 heterocycles. The van der Waals surface area contributed by atoms with E-state index < -0.39 is 21.9 Å². The van der Waals surface area contributed by atoms with Crippen LogP contribution in [0, 0.1) is 5.92 Å². The maximum atomic E-state index is 12.3. The SMILES string of the molecule is CN(C)S(=O)(=O)c1ccccc1NC1C=CC(C(=O)O)C1. The summed E-state index contributed by atoms with van der Waals surface area (Å²) in [5, 5.41) is 12.1. The van der Waals surface area contributed by atoms with Crippen molar-refractivity contribution < 1.29 is 18.3 Å². The Bertz CT molecular complexity index is 667. The molecule has 0 amide bonds. The van der Waals surface area contributed by atoms with Crippen molar-refractivity contribution in [3.8, 4) is 0 Å². The molecule has 6 nitrogen and oxygen atoms in total. The van der Waals surface area contributed by atoms with Gasteiger partial charge < -0.3 is 10.4 Å². The monoisotopic (exact) mass is 310 g/mol. The molecule has 0 bridgehead atoms. The Labute approximate surface area is 124 Å². The van der Waals surface area contributed by atoms with Crippen LogP contribution in [0.1, 0.15) is 6.42 Å². The highest BCUT2D eigenvalue weighted by Gasteiger charge is 2.26. The highest BCUT2D eigenvalue weighted by Crippen LogP contribution is 2.27. The van der Waals surface area contributed by atoms with Gasteiger partial charge in [-0.05, 0) is 18.6 Å². The number of carboxylic acid groups (broad SMARTS) is 1. The summed E-state index contributed by atoms with van der Waals surface area (Å²) in [6, 6.07) is 6.42. The quantitative estimate of drug-likeness (QED) is 0.802. The Hall–Kier alpha value is -1.86. The van der Waals surface area contributed by atoms with Crippen LogP contribution in [0.25, 0.3) is 0 Å². The highest BCUT2D eigenvalue weighted by molar-refractivity contribution is 7.89. The van der Waals surface area contributed by atoms with E-state index in [1.54, 1.807) is 30.4 Å². The number of nitrogens with one attached hydrogen (secondary N) is 1. The van der Waals surface area contributed by atoms with Crippen LogP contribution in [0.5, 0.6) is 0 Å². The zero-order valence-electron chi connectivity index (χ0n) is 11.9. The van der Waals surface area contributed by atoms with Gasteiger partial charge in [0.25, 0.3) is 0 Å². The third-order valence-corrected chi connectivity index (χ3v) is 5.26. The fourth-order valence-corrected chi connectivity index (χ4v) is 3.25. The second-order valence-electron chi connectivity index (χ2n) is 5.10. The van der Waals surface area contributed by atoms with E-state index in [2.05, 4.69) is 5.32 Å². The van der Waals surface area contributed by atoms with Crippen LogP contribution in [0.4, 0.5) is 5.69 Å². The summed E-state index contributed by atoms with van der Waals surface area (Å²) in [5.74, 6) is -1.40. The van der Waals surface area contributed by atoms with Crippen molar-refractivity contribution in [1.29, 1.82) is 0 Å². The fourth-order valence-electron chi connectivity index (χ4n) is 2.20. The molecule has 7 heteroatoms. The van der Waals surface area contributed by atoms with Crippen molar-refractivity contribution in [3.05, 3.63) is 36.4 Å². The van der Waals surface area contributed by atoms with E-state index >= 15 is 0 Å². The molecule has 1 aliphatic rings. The molecule has 2 unspecified atom stereocenters. The normalized spacial score (nSPS) is 21.7. The lowest BCUT2D eigenvalue weighted by atomic mass is 10.1. The van der Waals surface area contributed by atoms with Gasteiger partial charge in [-0.2, -0.15) is 0 Å². The van der Waals surface area contributed by atoms with Crippen LogP contribution in [0.15, 0.2) is 41.3 Å². The first-order valence-electron chi connectivity index (χ1n) is 6.51. The third-order valence-electron chi connectivity index (χ3n) is 3.39. The van der Waals surface area contributed by atoms with Gasteiger partial charge in [0.15, 0.2) is 0 Å². The predicted molar refractivity (Wildman–Crippen MR) is 79.6 cm³/mol. The molecular weight excluding hydrogens is 292 g/mol. The molecule has 21 heavy (non-hydrogen) atoms. The van der Waals surface area contributed by atoms with Crippen LogP contribution in [0.2, 0.25) is 0 Å². The molecular formula is C14H18N2O4S. The smallest absolute Gasteiger partial charge is 0.310 e. The molecule has 2 atom stereocenters. The maximum Gasteiger partial charge on any atom is 0.310 e. The molecule has 1 aliphatic carbocycles. The molecule has 0 aliphatic heterocycles. The number of anilines is 1. The Balaban J connectivity index is 2.23. The van der Waals surface area contributed by atoms with E-state index in [0.717, 1.165) is 4.31 Å². The molecule has 1 aromatic carbocycles. The largest absolute Gasteiger partial charge is 0.481 e. The van der Waals surface area contributed by atoms with Gasteiger partial charge in [-0.3, -0.25) is 4.79 Å². The number of hydrogen-bond acceptors (Lipinski definition) is 4. The van der Waals surface area contributed by atoms with Crippen molar-refractivity contribution >= 4 is 21.7 Å². The zero-order chi connectivity index (χ0) is 15.6. The first-order chi connectivity index (χ1) is 9.82. The summed E-state index contributed by atoms with van der Waals surface area (Å²) in [4.78, 5) is 11.1. The molecule has 0 radical (unpaired) electrons. The van der Waals surface area contributed by atoms with Crippen molar-refractivity contribution in [2.24, 2.45) is 5.92 Å². The van der Waals surface area contributed by atoms with E-state index in [0.29, 0.717) is 12.1 Å². The Kier molecular flexibility index (Phi) is 4.34. The average molecular weight is 310 g/mol. The average Bonchev–Trinajstić information content (AvgIpc) is 2.87. The first-order valence-corrected chi connectivity index (χ1v) is 7.95. The van der Waals surface area contributed by atoms with Crippen LogP contribution in [0.3, 0.4) is 0 Å². The molecule has 1 aromatic rings. The third kappa shape index (κ3) is 3.25. The van der Waals surface area contributed by atoms with E-state index in [4.69, 9.17) is 5.11 Å².